The van der Waals surface area contributed by atoms with E-state index in [2.05, 4.69) is 22.4 Å². The Morgan fingerprint density at radius 1 is 1.44 bits per heavy atom. The second-order valence-electron chi connectivity index (χ2n) is 5.23. The van der Waals surface area contributed by atoms with Crippen LogP contribution in [-0.4, -0.2) is 28.3 Å². The summed E-state index contributed by atoms with van der Waals surface area (Å²) in [4.78, 5) is 4.73. The third-order valence-corrected chi connectivity index (χ3v) is 4.09. The highest BCUT2D eigenvalue weighted by Crippen LogP contribution is 2.39. The monoisotopic (exact) mass is 220 g/mol. The van der Waals surface area contributed by atoms with Gasteiger partial charge >= 0.3 is 0 Å². The molecule has 2 heterocycles. The molecule has 1 saturated heterocycles. The van der Waals surface area contributed by atoms with Crippen molar-refractivity contribution < 1.29 is 0 Å². The molecule has 2 aliphatic rings. The summed E-state index contributed by atoms with van der Waals surface area (Å²) in [7, 11) is 0. The quantitative estimate of drug-likeness (QED) is 0.815. The minimum atomic E-state index is 0.182. The van der Waals surface area contributed by atoms with Crippen LogP contribution >= 0.6 is 0 Å². The zero-order valence-corrected chi connectivity index (χ0v) is 9.92. The lowest BCUT2D eigenvalue weighted by Crippen LogP contribution is -2.43. The Morgan fingerprint density at radius 2 is 2.31 bits per heavy atom. The Hall–Kier alpha value is -0.900. The third kappa shape index (κ3) is 1.65. The lowest BCUT2D eigenvalue weighted by molar-refractivity contribution is 0.288. The van der Waals surface area contributed by atoms with Gasteiger partial charge in [-0.05, 0) is 38.6 Å². The summed E-state index contributed by atoms with van der Waals surface area (Å²) in [6.07, 6.45) is 6.15. The van der Waals surface area contributed by atoms with Crippen LogP contribution in [0.4, 0.5) is 0 Å². The highest BCUT2D eigenvalue weighted by atomic mass is 15.2. The molecule has 0 radical (unpaired) electrons. The number of nitrogens with zero attached hydrogens (tertiary/aromatic N) is 2. The smallest absolute Gasteiger partial charge is 0.158 e. The van der Waals surface area contributed by atoms with Gasteiger partial charge in [-0.2, -0.15) is 5.10 Å². The summed E-state index contributed by atoms with van der Waals surface area (Å²) in [6.45, 7) is 4.42. The summed E-state index contributed by atoms with van der Waals surface area (Å²) in [5.41, 5.74) is 0.182. The van der Waals surface area contributed by atoms with Crippen LogP contribution in [0, 0.1) is 0 Å². The van der Waals surface area contributed by atoms with Gasteiger partial charge in [-0.25, -0.2) is 4.98 Å². The van der Waals surface area contributed by atoms with Crippen molar-refractivity contribution >= 4 is 0 Å². The fourth-order valence-corrected chi connectivity index (χ4v) is 2.67. The van der Waals surface area contributed by atoms with Crippen LogP contribution in [0.1, 0.15) is 56.6 Å². The molecule has 88 valence electrons. The first-order valence-corrected chi connectivity index (χ1v) is 6.47. The molecule has 2 N–H and O–H groups in total. The fourth-order valence-electron chi connectivity index (χ4n) is 2.67. The Bertz CT molecular complexity index is 361. The van der Waals surface area contributed by atoms with Crippen molar-refractivity contribution in [3.05, 3.63) is 11.6 Å². The van der Waals surface area contributed by atoms with Crippen LogP contribution in [0.5, 0.6) is 0 Å². The average molecular weight is 220 g/mol. The molecule has 0 bridgehead atoms. The van der Waals surface area contributed by atoms with Crippen LogP contribution in [0.25, 0.3) is 0 Å². The van der Waals surface area contributed by atoms with E-state index in [1.807, 2.05) is 0 Å². The minimum absolute atomic E-state index is 0.182. The van der Waals surface area contributed by atoms with E-state index in [0.29, 0.717) is 5.92 Å². The van der Waals surface area contributed by atoms with Gasteiger partial charge < -0.3 is 5.32 Å². The Labute approximate surface area is 96.2 Å². The molecule has 0 aromatic carbocycles. The van der Waals surface area contributed by atoms with Crippen LogP contribution in [0.3, 0.4) is 0 Å². The van der Waals surface area contributed by atoms with E-state index in [1.54, 1.807) is 0 Å². The van der Waals surface area contributed by atoms with Crippen molar-refractivity contribution in [2.75, 3.05) is 13.1 Å². The van der Waals surface area contributed by atoms with E-state index < -0.39 is 0 Å². The van der Waals surface area contributed by atoms with Crippen molar-refractivity contribution in [3.63, 3.8) is 0 Å². The number of rotatable bonds is 3. The number of aromatic nitrogens is 3. The lowest BCUT2D eigenvalue weighted by atomic mass is 9.77. The molecule has 2 fully saturated rings. The number of hydrogen-bond acceptors (Lipinski definition) is 3. The average Bonchev–Trinajstić information content (AvgIpc) is 3.08. The minimum Gasteiger partial charge on any atom is -0.316 e. The van der Waals surface area contributed by atoms with Crippen LogP contribution < -0.4 is 5.32 Å². The van der Waals surface area contributed by atoms with E-state index in [9.17, 15) is 0 Å². The number of hydrogen-bond donors (Lipinski definition) is 2. The van der Waals surface area contributed by atoms with Gasteiger partial charge in [0.05, 0.1) is 0 Å². The van der Waals surface area contributed by atoms with Gasteiger partial charge in [0, 0.05) is 17.9 Å². The lowest BCUT2D eigenvalue weighted by Gasteiger charge is -2.34. The van der Waals surface area contributed by atoms with Crippen molar-refractivity contribution in [2.45, 2.75) is 50.4 Å². The molecule has 1 aliphatic heterocycles. The molecule has 1 unspecified atom stereocenters. The van der Waals surface area contributed by atoms with Gasteiger partial charge in [0.25, 0.3) is 0 Å². The second-order valence-corrected chi connectivity index (χ2v) is 5.23. The fraction of sp³-hybridized carbons (Fsp3) is 0.833. The van der Waals surface area contributed by atoms with Gasteiger partial charge in [-0.15, -0.1) is 0 Å². The van der Waals surface area contributed by atoms with Crippen LogP contribution in [0.15, 0.2) is 0 Å². The van der Waals surface area contributed by atoms with Gasteiger partial charge in [-0.1, -0.05) is 6.92 Å². The predicted molar refractivity (Wildman–Crippen MR) is 62.4 cm³/mol. The molecule has 16 heavy (non-hydrogen) atoms. The maximum Gasteiger partial charge on any atom is 0.158 e. The first-order valence-electron chi connectivity index (χ1n) is 6.47. The molecule has 1 aromatic rings. The Kier molecular flexibility index (Phi) is 2.46. The third-order valence-electron chi connectivity index (χ3n) is 4.09. The molecule has 0 amide bonds. The van der Waals surface area contributed by atoms with E-state index in [4.69, 9.17) is 4.98 Å². The standard InChI is InChI=1S/C12H20N4/c1-2-12(6-3-7-13-8-12)11-14-10(15-16-11)9-4-5-9/h9,13H,2-8H2,1H3,(H,14,15,16). The summed E-state index contributed by atoms with van der Waals surface area (Å²) in [6, 6.07) is 0. The molecule has 0 spiro atoms. The van der Waals surface area contributed by atoms with E-state index in [0.717, 1.165) is 31.2 Å². The number of nitrogens with one attached hydrogen (secondary N) is 2. The molecule has 1 aliphatic carbocycles. The molecule has 1 saturated carbocycles. The van der Waals surface area contributed by atoms with E-state index >= 15 is 0 Å². The van der Waals surface area contributed by atoms with Crippen molar-refractivity contribution in [1.29, 1.82) is 0 Å². The van der Waals surface area contributed by atoms with Crippen molar-refractivity contribution in [1.82, 2.24) is 20.5 Å². The molecular formula is C12H20N4. The summed E-state index contributed by atoms with van der Waals surface area (Å²) < 4.78 is 0. The topological polar surface area (TPSA) is 53.6 Å². The van der Waals surface area contributed by atoms with Gasteiger partial charge in [0.2, 0.25) is 0 Å². The molecule has 3 rings (SSSR count). The Morgan fingerprint density at radius 3 is 2.94 bits per heavy atom. The number of aromatic amines is 1. The van der Waals surface area contributed by atoms with E-state index in [-0.39, 0.29) is 5.41 Å². The summed E-state index contributed by atoms with van der Waals surface area (Å²) in [5, 5.41) is 11.1. The number of piperidine rings is 1. The first kappa shape index (κ1) is 10.3. The maximum atomic E-state index is 4.73. The van der Waals surface area contributed by atoms with Gasteiger partial charge in [0.1, 0.15) is 5.82 Å². The molecule has 1 aromatic heterocycles. The SMILES string of the molecule is CCC1(c2n[nH]c(C3CC3)n2)CCCNC1. The Balaban J connectivity index is 1.86. The first-order chi connectivity index (χ1) is 7.84. The molecular weight excluding hydrogens is 200 g/mol. The molecule has 4 nitrogen and oxygen atoms in total. The van der Waals surface area contributed by atoms with Crippen LogP contribution in [-0.2, 0) is 5.41 Å². The normalized spacial score (nSPS) is 30.6. The zero-order chi connectivity index (χ0) is 11.0. The van der Waals surface area contributed by atoms with Crippen molar-refractivity contribution in [3.8, 4) is 0 Å². The van der Waals surface area contributed by atoms with Crippen molar-refractivity contribution in [2.24, 2.45) is 0 Å². The van der Waals surface area contributed by atoms with Gasteiger partial charge in [-0.3, -0.25) is 5.10 Å². The largest absolute Gasteiger partial charge is 0.316 e. The summed E-state index contributed by atoms with van der Waals surface area (Å²) >= 11 is 0. The predicted octanol–water partition coefficient (Wildman–Crippen LogP) is 1.71. The van der Waals surface area contributed by atoms with E-state index in [1.165, 1.54) is 25.7 Å². The zero-order valence-electron chi connectivity index (χ0n) is 9.92. The van der Waals surface area contributed by atoms with Crippen LogP contribution in [0.2, 0.25) is 0 Å². The molecule has 1 atom stereocenters. The number of H-pyrrole nitrogens is 1. The maximum absolute atomic E-state index is 4.73. The molecule has 4 heteroatoms. The van der Waals surface area contributed by atoms with Gasteiger partial charge in [0.15, 0.2) is 5.82 Å². The second kappa shape index (κ2) is 3.84. The highest BCUT2D eigenvalue weighted by Gasteiger charge is 2.37. The highest BCUT2D eigenvalue weighted by molar-refractivity contribution is 5.14. The summed E-state index contributed by atoms with van der Waals surface area (Å²) in [5.74, 6) is 2.84.